The van der Waals surface area contributed by atoms with E-state index in [2.05, 4.69) is 15.6 Å². The molecule has 1 amide bonds. The number of aromatic nitrogens is 1. The van der Waals surface area contributed by atoms with Gasteiger partial charge in [0.05, 0.1) is 24.7 Å². The van der Waals surface area contributed by atoms with Gasteiger partial charge in [-0.2, -0.15) is 0 Å². The lowest BCUT2D eigenvalue weighted by Gasteiger charge is -2.08. The first-order valence-electron chi connectivity index (χ1n) is 7.71. The van der Waals surface area contributed by atoms with Crippen molar-refractivity contribution in [1.82, 2.24) is 10.3 Å². The molecule has 126 valence electrons. The van der Waals surface area contributed by atoms with Crippen LogP contribution in [0.4, 0.5) is 11.4 Å². The highest BCUT2D eigenvalue weighted by atomic mass is 16.7. The minimum Gasteiger partial charge on any atom is -0.467 e. The van der Waals surface area contributed by atoms with Crippen molar-refractivity contribution >= 4 is 17.3 Å². The summed E-state index contributed by atoms with van der Waals surface area (Å²) in [5.41, 5.74) is 1.95. The molecule has 2 N–H and O–H groups in total. The Balaban J connectivity index is 1.39. The molecule has 2 aromatic heterocycles. The quantitative estimate of drug-likeness (QED) is 0.744. The molecule has 1 aliphatic heterocycles. The minimum atomic E-state index is -0.258. The zero-order chi connectivity index (χ0) is 17.1. The fourth-order valence-electron chi connectivity index (χ4n) is 2.41. The van der Waals surface area contributed by atoms with Crippen molar-refractivity contribution in [3.05, 3.63) is 66.4 Å². The van der Waals surface area contributed by atoms with Crippen molar-refractivity contribution in [2.24, 2.45) is 0 Å². The Hall–Kier alpha value is -3.48. The van der Waals surface area contributed by atoms with Gasteiger partial charge in [0.15, 0.2) is 11.5 Å². The van der Waals surface area contributed by atoms with Crippen molar-refractivity contribution in [2.75, 3.05) is 12.1 Å². The molecule has 0 fully saturated rings. The Morgan fingerprint density at radius 3 is 2.76 bits per heavy atom. The summed E-state index contributed by atoms with van der Waals surface area (Å²) >= 11 is 0. The lowest BCUT2D eigenvalue weighted by Crippen LogP contribution is -2.23. The second-order valence-electron chi connectivity index (χ2n) is 5.39. The average molecular weight is 337 g/mol. The van der Waals surface area contributed by atoms with Crippen LogP contribution in [0.3, 0.4) is 0 Å². The Labute approximate surface area is 143 Å². The number of nitrogens with one attached hydrogen (secondary N) is 2. The van der Waals surface area contributed by atoms with Crippen LogP contribution in [0.5, 0.6) is 11.5 Å². The van der Waals surface area contributed by atoms with Gasteiger partial charge in [-0.3, -0.25) is 4.79 Å². The van der Waals surface area contributed by atoms with Crippen molar-refractivity contribution < 1.29 is 18.7 Å². The van der Waals surface area contributed by atoms with Gasteiger partial charge in [-0.25, -0.2) is 4.98 Å². The molecule has 3 aromatic rings. The van der Waals surface area contributed by atoms with E-state index >= 15 is 0 Å². The Morgan fingerprint density at radius 1 is 1.08 bits per heavy atom. The number of nitrogens with zero attached hydrogens (tertiary/aromatic N) is 1. The number of pyridine rings is 1. The molecule has 0 spiro atoms. The van der Waals surface area contributed by atoms with Gasteiger partial charge in [-0.15, -0.1) is 0 Å². The number of anilines is 2. The normalized spacial score (nSPS) is 12.0. The van der Waals surface area contributed by atoms with Crippen LogP contribution in [-0.2, 0) is 6.54 Å². The molecular formula is C18H15N3O4. The van der Waals surface area contributed by atoms with Gasteiger partial charge in [0, 0.05) is 11.8 Å². The molecule has 25 heavy (non-hydrogen) atoms. The number of carbonyl (C=O) groups excluding carboxylic acids is 1. The van der Waals surface area contributed by atoms with Gasteiger partial charge >= 0.3 is 0 Å². The van der Waals surface area contributed by atoms with Crippen LogP contribution in [0, 0.1) is 0 Å². The molecular weight excluding hydrogens is 322 g/mol. The first-order chi connectivity index (χ1) is 12.3. The highest BCUT2D eigenvalue weighted by Crippen LogP contribution is 2.34. The summed E-state index contributed by atoms with van der Waals surface area (Å²) in [5, 5.41) is 5.96. The fraction of sp³-hybridized carbons (Fsp3) is 0.111. The van der Waals surface area contributed by atoms with Crippen molar-refractivity contribution in [3.8, 4) is 11.5 Å². The Kier molecular flexibility index (Phi) is 3.96. The maximum absolute atomic E-state index is 12.1. The monoisotopic (exact) mass is 337 g/mol. The van der Waals surface area contributed by atoms with E-state index in [1.54, 1.807) is 36.7 Å². The van der Waals surface area contributed by atoms with E-state index < -0.39 is 0 Å². The van der Waals surface area contributed by atoms with E-state index in [9.17, 15) is 4.79 Å². The molecule has 0 unspecified atom stereocenters. The van der Waals surface area contributed by atoms with Gasteiger partial charge in [-0.05, 0) is 36.4 Å². The predicted octanol–water partition coefficient (Wildman–Crippen LogP) is 3.08. The molecule has 0 bridgehead atoms. The van der Waals surface area contributed by atoms with Gasteiger partial charge in [-0.1, -0.05) is 0 Å². The number of hydrogen-bond donors (Lipinski definition) is 2. The van der Waals surface area contributed by atoms with Gasteiger partial charge in [0.2, 0.25) is 6.79 Å². The van der Waals surface area contributed by atoms with E-state index in [1.165, 1.54) is 0 Å². The number of hydrogen-bond acceptors (Lipinski definition) is 6. The summed E-state index contributed by atoms with van der Waals surface area (Å²) in [6.45, 7) is 0.562. The molecule has 1 aromatic carbocycles. The highest BCUT2D eigenvalue weighted by molar-refractivity contribution is 5.92. The third kappa shape index (κ3) is 3.40. The lowest BCUT2D eigenvalue weighted by molar-refractivity contribution is 0.0943. The predicted molar refractivity (Wildman–Crippen MR) is 90.0 cm³/mol. The van der Waals surface area contributed by atoms with Crippen molar-refractivity contribution in [3.63, 3.8) is 0 Å². The van der Waals surface area contributed by atoms with E-state index in [1.807, 2.05) is 18.2 Å². The lowest BCUT2D eigenvalue weighted by atomic mass is 10.2. The van der Waals surface area contributed by atoms with Crippen LogP contribution < -0.4 is 20.1 Å². The summed E-state index contributed by atoms with van der Waals surface area (Å²) < 4.78 is 15.8. The first kappa shape index (κ1) is 15.1. The fourth-order valence-corrected chi connectivity index (χ4v) is 2.41. The summed E-state index contributed by atoms with van der Waals surface area (Å²) in [5.74, 6) is 1.86. The average Bonchev–Trinajstić information content (AvgIpc) is 3.31. The maximum atomic E-state index is 12.1. The smallest absolute Gasteiger partial charge is 0.270 e. The largest absolute Gasteiger partial charge is 0.467 e. The number of amides is 1. The molecule has 7 heteroatoms. The molecule has 0 saturated carbocycles. The van der Waals surface area contributed by atoms with Crippen LogP contribution in [-0.4, -0.2) is 17.7 Å². The Bertz CT molecular complexity index is 876. The maximum Gasteiger partial charge on any atom is 0.270 e. The number of fused-ring (bicyclic) bond motifs is 1. The van der Waals surface area contributed by atoms with Crippen LogP contribution in [0.2, 0.25) is 0 Å². The summed E-state index contributed by atoms with van der Waals surface area (Å²) in [4.78, 5) is 16.3. The van der Waals surface area contributed by atoms with E-state index in [0.29, 0.717) is 23.7 Å². The number of ether oxygens (including phenoxy) is 2. The zero-order valence-electron chi connectivity index (χ0n) is 13.2. The first-order valence-corrected chi connectivity index (χ1v) is 7.71. The summed E-state index contributed by atoms with van der Waals surface area (Å²) in [6.07, 6.45) is 3.17. The molecule has 1 aliphatic rings. The Morgan fingerprint density at radius 2 is 1.96 bits per heavy atom. The molecule has 0 radical (unpaired) electrons. The number of benzene rings is 1. The van der Waals surface area contributed by atoms with Crippen LogP contribution in [0.25, 0.3) is 0 Å². The number of carbonyl (C=O) groups is 1. The molecule has 0 aliphatic carbocycles. The second kappa shape index (κ2) is 6.56. The number of rotatable bonds is 5. The van der Waals surface area contributed by atoms with E-state index in [4.69, 9.17) is 13.9 Å². The molecule has 0 saturated heterocycles. The van der Waals surface area contributed by atoms with Gasteiger partial charge in [0.1, 0.15) is 11.5 Å². The summed E-state index contributed by atoms with van der Waals surface area (Å²) in [6, 6.07) is 12.6. The SMILES string of the molecule is O=C(NCc1ccco1)c1ccc(Nc2ccc3c(c2)OCO3)cn1. The van der Waals surface area contributed by atoms with E-state index in [-0.39, 0.29) is 12.7 Å². The third-order valence-electron chi connectivity index (χ3n) is 3.66. The zero-order valence-corrected chi connectivity index (χ0v) is 13.2. The van der Waals surface area contributed by atoms with E-state index in [0.717, 1.165) is 17.1 Å². The van der Waals surface area contributed by atoms with Gasteiger partial charge < -0.3 is 24.5 Å². The van der Waals surface area contributed by atoms with Crippen molar-refractivity contribution in [1.29, 1.82) is 0 Å². The topological polar surface area (TPSA) is 85.6 Å². The molecule has 7 nitrogen and oxygen atoms in total. The summed E-state index contributed by atoms with van der Waals surface area (Å²) in [7, 11) is 0. The number of furan rings is 1. The molecule has 4 rings (SSSR count). The minimum absolute atomic E-state index is 0.238. The highest BCUT2D eigenvalue weighted by Gasteiger charge is 2.13. The molecule has 3 heterocycles. The molecule has 0 atom stereocenters. The van der Waals surface area contributed by atoms with Crippen LogP contribution in [0.1, 0.15) is 16.2 Å². The van der Waals surface area contributed by atoms with Crippen LogP contribution in [0.15, 0.2) is 59.3 Å². The van der Waals surface area contributed by atoms with Gasteiger partial charge in [0.25, 0.3) is 5.91 Å². The van der Waals surface area contributed by atoms with Crippen LogP contribution >= 0.6 is 0 Å². The second-order valence-corrected chi connectivity index (χ2v) is 5.39. The third-order valence-corrected chi connectivity index (χ3v) is 3.66. The standard InChI is InChI=1S/C18H15N3O4/c22-18(20-10-14-2-1-7-23-14)15-5-3-13(9-19-15)21-12-4-6-16-17(8-12)25-11-24-16/h1-9,21H,10-11H2,(H,20,22). The van der Waals surface area contributed by atoms with Crippen molar-refractivity contribution in [2.45, 2.75) is 6.54 Å².